The number of anilines is 4. The van der Waals surface area contributed by atoms with Crippen LogP contribution in [0.2, 0.25) is 0 Å². The number of rotatable bonds is 6. The molecule has 0 saturated heterocycles. The summed E-state index contributed by atoms with van der Waals surface area (Å²) < 4.78 is 14.0. The third kappa shape index (κ3) is 4.28. The van der Waals surface area contributed by atoms with Gasteiger partial charge in [-0.2, -0.15) is 4.98 Å². The molecule has 0 saturated carbocycles. The summed E-state index contributed by atoms with van der Waals surface area (Å²) in [6.45, 7) is 0. The highest BCUT2D eigenvalue weighted by Crippen LogP contribution is 2.24. The minimum atomic E-state index is -0.772. The van der Waals surface area contributed by atoms with Gasteiger partial charge >= 0.3 is 0 Å². The molecular formula is C16H11FN6O4. The number of nitrogens with zero attached hydrogens (tertiary/aromatic N) is 4. The van der Waals surface area contributed by atoms with E-state index in [1.165, 1.54) is 42.5 Å². The lowest BCUT2D eigenvalue weighted by Gasteiger charge is -2.09. The van der Waals surface area contributed by atoms with Gasteiger partial charge < -0.3 is 10.6 Å². The molecule has 27 heavy (non-hydrogen) atoms. The Kier molecular flexibility index (Phi) is 4.84. The van der Waals surface area contributed by atoms with Crippen LogP contribution in [0.15, 0.2) is 54.7 Å². The first-order valence-electron chi connectivity index (χ1n) is 7.48. The zero-order chi connectivity index (χ0) is 19.4. The molecule has 1 heterocycles. The molecular weight excluding hydrogens is 359 g/mol. The first kappa shape index (κ1) is 17.7. The number of nitrogens with one attached hydrogen (secondary N) is 2. The van der Waals surface area contributed by atoms with Crippen molar-refractivity contribution in [3.05, 3.63) is 80.8 Å². The van der Waals surface area contributed by atoms with Crippen LogP contribution in [0.5, 0.6) is 0 Å². The highest BCUT2D eigenvalue weighted by atomic mass is 19.1. The van der Waals surface area contributed by atoms with Crippen molar-refractivity contribution in [3.63, 3.8) is 0 Å². The van der Waals surface area contributed by atoms with Crippen LogP contribution < -0.4 is 10.6 Å². The molecule has 0 radical (unpaired) electrons. The van der Waals surface area contributed by atoms with E-state index < -0.39 is 15.7 Å². The number of hydrogen-bond acceptors (Lipinski definition) is 8. The van der Waals surface area contributed by atoms with Gasteiger partial charge in [0.1, 0.15) is 0 Å². The normalized spacial score (nSPS) is 10.3. The van der Waals surface area contributed by atoms with Crippen LogP contribution in [0.3, 0.4) is 0 Å². The smallest absolute Gasteiger partial charge is 0.271 e. The van der Waals surface area contributed by atoms with Crippen molar-refractivity contribution in [2.75, 3.05) is 10.6 Å². The molecule has 0 bridgehead atoms. The van der Waals surface area contributed by atoms with Crippen LogP contribution in [0.25, 0.3) is 0 Å². The molecule has 0 unspecified atom stereocenters. The number of halogens is 1. The summed E-state index contributed by atoms with van der Waals surface area (Å²) >= 11 is 0. The molecule has 11 heteroatoms. The van der Waals surface area contributed by atoms with Crippen molar-refractivity contribution < 1.29 is 14.2 Å². The largest absolute Gasteiger partial charge is 0.337 e. The van der Waals surface area contributed by atoms with Gasteiger partial charge in [-0.15, -0.1) is 0 Å². The van der Waals surface area contributed by atoms with E-state index in [1.54, 1.807) is 6.07 Å². The molecule has 0 amide bonds. The van der Waals surface area contributed by atoms with Gasteiger partial charge in [0.2, 0.25) is 5.95 Å². The second-order valence-electron chi connectivity index (χ2n) is 5.26. The Bertz CT molecular complexity index is 1030. The summed E-state index contributed by atoms with van der Waals surface area (Å²) in [5, 5.41) is 27.0. The van der Waals surface area contributed by atoms with Crippen LogP contribution in [0.4, 0.5) is 38.9 Å². The first-order valence-corrected chi connectivity index (χ1v) is 7.48. The van der Waals surface area contributed by atoms with Crippen molar-refractivity contribution in [2.24, 2.45) is 0 Å². The van der Waals surface area contributed by atoms with Gasteiger partial charge in [0, 0.05) is 35.6 Å². The standard InChI is InChI=1S/C16H11FN6O4/c17-14-9-18-16(20-11-4-2-6-13(8-11)23(26)27)21-15(14)19-10-3-1-5-12(7-10)22(24)25/h1-9H,(H2,18,19,20,21). The molecule has 3 rings (SSSR count). The molecule has 0 atom stereocenters. The fraction of sp³-hybridized carbons (Fsp3) is 0. The van der Waals surface area contributed by atoms with E-state index in [9.17, 15) is 24.6 Å². The molecule has 1 aromatic heterocycles. The first-order chi connectivity index (χ1) is 12.9. The maximum atomic E-state index is 14.0. The molecule has 0 spiro atoms. The highest BCUT2D eigenvalue weighted by molar-refractivity contribution is 5.62. The Hall–Kier alpha value is -4.15. The number of hydrogen-bond donors (Lipinski definition) is 2. The van der Waals surface area contributed by atoms with E-state index in [1.807, 2.05) is 0 Å². The highest BCUT2D eigenvalue weighted by Gasteiger charge is 2.12. The quantitative estimate of drug-likeness (QED) is 0.492. The van der Waals surface area contributed by atoms with Crippen molar-refractivity contribution >= 4 is 34.5 Å². The Morgan fingerprint density at radius 1 is 0.889 bits per heavy atom. The number of aromatic nitrogens is 2. The average Bonchev–Trinajstić information content (AvgIpc) is 2.65. The minimum Gasteiger partial charge on any atom is -0.337 e. The summed E-state index contributed by atoms with van der Waals surface area (Å²) in [4.78, 5) is 28.3. The van der Waals surface area contributed by atoms with Crippen molar-refractivity contribution in [2.45, 2.75) is 0 Å². The summed E-state index contributed by atoms with van der Waals surface area (Å²) in [7, 11) is 0. The monoisotopic (exact) mass is 370 g/mol. The lowest BCUT2D eigenvalue weighted by Crippen LogP contribution is -2.03. The predicted molar refractivity (Wildman–Crippen MR) is 94.7 cm³/mol. The number of non-ortho nitro benzene ring substituents is 2. The molecule has 0 aliphatic carbocycles. The third-order valence-electron chi connectivity index (χ3n) is 3.38. The van der Waals surface area contributed by atoms with Crippen molar-refractivity contribution in [1.82, 2.24) is 9.97 Å². The van der Waals surface area contributed by atoms with E-state index in [2.05, 4.69) is 20.6 Å². The zero-order valence-corrected chi connectivity index (χ0v) is 13.5. The Morgan fingerprint density at radius 3 is 2.00 bits per heavy atom. The number of nitro benzene ring substituents is 2. The van der Waals surface area contributed by atoms with Gasteiger partial charge in [-0.25, -0.2) is 9.37 Å². The topological polar surface area (TPSA) is 136 Å². The van der Waals surface area contributed by atoms with Gasteiger partial charge in [-0.1, -0.05) is 12.1 Å². The molecule has 2 N–H and O–H groups in total. The van der Waals surface area contributed by atoms with Gasteiger partial charge in [0.25, 0.3) is 11.4 Å². The fourth-order valence-corrected chi connectivity index (χ4v) is 2.18. The Morgan fingerprint density at radius 2 is 1.44 bits per heavy atom. The van der Waals surface area contributed by atoms with E-state index in [0.717, 1.165) is 6.20 Å². The Balaban J connectivity index is 1.84. The second-order valence-corrected chi connectivity index (χ2v) is 5.26. The van der Waals surface area contributed by atoms with Crippen LogP contribution in [0.1, 0.15) is 0 Å². The Labute approximate surface area is 151 Å². The summed E-state index contributed by atoms with van der Waals surface area (Å²) in [6.07, 6.45) is 0.909. The van der Waals surface area contributed by atoms with E-state index >= 15 is 0 Å². The molecule has 2 aromatic carbocycles. The number of nitro groups is 2. The van der Waals surface area contributed by atoms with Gasteiger partial charge in [0.15, 0.2) is 11.6 Å². The minimum absolute atomic E-state index is 0.00942. The maximum absolute atomic E-state index is 14.0. The summed E-state index contributed by atoms with van der Waals surface area (Å²) in [5.41, 5.74) is 0.321. The van der Waals surface area contributed by atoms with Gasteiger partial charge in [-0.05, 0) is 12.1 Å². The predicted octanol–water partition coefficient (Wildman–Crippen LogP) is 3.92. The van der Waals surface area contributed by atoms with Crippen LogP contribution in [-0.2, 0) is 0 Å². The zero-order valence-electron chi connectivity index (χ0n) is 13.5. The molecule has 3 aromatic rings. The van der Waals surface area contributed by atoms with Gasteiger partial charge in [-0.3, -0.25) is 20.2 Å². The lowest BCUT2D eigenvalue weighted by molar-refractivity contribution is -0.385. The number of benzene rings is 2. The van der Waals surface area contributed by atoms with E-state index in [-0.39, 0.29) is 28.8 Å². The third-order valence-corrected chi connectivity index (χ3v) is 3.38. The fourth-order valence-electron chi connectivity index (χ4n) is 2.18. The van der Waals surface area contributed by atoms with Crippen molar-refractivity contribution in [1.29, 1.82) is 0 Å². The molecule has 136 valence electrons. The van der Waals surface area contributed by atoms with Crippen LogP contribution >= 0.6 is 0 Å². The van der Waals surface area contributed by atoms with E-state index in [0.29, 0.717) is 5.69 Å². The van der Waals surface area contributed by atoms with Crippen molar-refractivity contribution in [3.8, 4) is 0 Å². The van der Waals surface area contributed by atoms with E-state index in [4.69, 9.17) is 0 Å². The van der Waals surface area contributed by atoms with Gasteiger partial charge in [0.05, 0.1) is 16.0 Å². The molecule has 0 fully saturated rings. The second kappa shape index (κ2) is 7.39. The maximum Gasteiger partial charge on any atom is 0.271 e. The van der Waals surface area contributed by atoms with Crippen LogP contribution in [0, 0.1) is 26.0 Å². The SMILES string of the molecule is O=[N+]([O-])c1cccc(Nc2ncc(F)c(Nc3cccc([N+](=O)[O-])c3)n2)c1. The molecule has 0 aliphatic rings. The summed E-state index contributed by atoms with van der Waals surface area (Å²) in [6, 6.07) is 11.1. The molecule has 0 aliphatic heterocycles. The lowest BCUT2D eigenvalue weighted by atomic mass is 10.3. The molecule has 10 nitrogen and oxygen atoms in total. The average molecular weight is 370 g/mol. The summed E-state index contributed by atoms with van der Waals surface area (Å²) in [5.74, 6) is -0.991. The van der Waals surface area contributed by atoms with Crippen LogP contribution in [-0.4, -0.2) is 19.8 Å².